The largest absolute Gasteiger partial charge is 0.356 e. The highest BCUT2D eigenvalue weighted by Crippen LogP contribution is 2.24. The summed E-state index contributed by atoms with van der Waals surface area (Å²) >= 11 is 0. The molecule has 7 heteroatoms. The Balaban J connectivity index is 0.00000137. The van der Waals surface area contributed by atoms with E-state index in [-0.39, 0.29) is 5.54 Å². The number of hydrogen-bond acceptors (Lipinski definition) is 7. The number of terminal acetylenes is 1. The van der Waals surface area contributed by atoms with Gasteiger partial charge in [0.2, 0.25) is 0 Å². The zero-order chi connectivity index (χ0) is 25.7. The van der Waals surface area contributed by atoms with Crippen molar-refractivity contribution in [2.24, 2.45) is 4.99 Å². The molecular formula is C28H38N6O. The summed E-state index contributed by atoms with van der Waals surface area (Å²) < 4.78 is 5.65. The molecule has 1 saturated heterocycles. The summed E-state index contributed by atoms with van der Waals surface area (Å²) in [5, 5.41) is 16.4. The molecule has 1 fully saturated rings. The Morgan fingerprint density at radius 1 is 1.31 bits per heavy atom. The molecule has 3 rings (SSSR count). The van der Waals surface area contributed by atoms with Gasteiger partial charge in [0.15, 0.2) is 5.76 Å². The van der Waals surface area contributed by atoms with Gasteiger partial charge in [-0.15, -0.1) is 12.3 Å². The highest BCUT2D eigenvalue weighted by molar-refractivity contribution is 5.94. The minimum Gasteiger partial charge on any atom is -0.356 e. The zero-order valence-electron chi connectivity index (χ0n) is 21.7. The number of nitrogens with zero attached hydrogens (tertiary/aromatic N) is 5. The summed E-state index contributed by atoms with van der Waals surface area (Å²) in [5.74, 6) is 4.02. The van der Waals surface area contributed by atoms with E-state index in [0.717, 1.165) is 61.0 Å². The SMILES string of the molecule is C#CC.C/C=C\C(=C/Cc1cc(C2=CN=C(N3CCN(C)CC3)C=CC2)on1)C(C)(C)NCC#N. The third kappa shape index (κ3) is 8.72. The first kappa shape index (κ1) is 27.9. The Labute approximate surface area is 210 Å². The van der Waals surface area contributed by atoms with Crippen LogP contribution in [0.5, 0.6) is 0 Å². The van der Waals surface area contributed by atoms with Gasteiger partial charge in [0, 0.05) is 56.0 Å². The van der Waals surface area contributed by atoms with Crippen LogP contribution in [0.1, 0.15) is 45.6 Å². The topological polar surface area (TPSA) is 80.7 Å². The quantitative estimate of drug-likeness (QED) is 0.362. The minimum atomic E-state index is -0.308. The molecular weight excluding hydrogens is 436 g/mol. The molecule has 0 atom stereocenters. The number of aliphatic imine (C=N–C) groups is 1. The Morgan fingerprint density at radius 2 is 2.03 bits per heavy atom. The van der Waals surface area contributed by atoms with E-state index in [9.17, 15) is 0 Å². The number of piperazine rings is 1. The van der Waals surface area contributed by atoms with Crippen LogP contribution in [0.2, 0.25) is 0 Å². The van der Waals surface area contributed by atoms with Crippen LogP contribution in [0.25, 0.3) is 5.57 Å². The molecule has 0 amide bonds. The van der Waals surface area contributed by atoms with E-state index in [2.05, 4.69) is 83.9 Å². The van der Waals surface area contributed by atoms with Crippen LogP contribution >= 0.6 is 0 Å². The summed E-state index contributed by atoms with van der Waals surface area (Å²) in [5.41, 5.74) is 2.70. The number of amidine groups is 1. The van der Waals surface area contributed by atoms with Gasteiger partial charge in [-0.2, -0.15) is 5.26 Å². The first-order valence-corrected chi connectivity index (χ1v) is 12.0. The second-order valence-electron chi connectivity index (χ2n) is 9.01. The highest BCUT2D eigenvalue weighted by atomic mass is 16.5. The lowest BCUT2D eigenvalue weighted by Crippen LogP contribution is -2.46. The Morgan fingerprint density at radius 3 is 2.69 bits per heavy atom. The summed E-state index contributed by atoms with van der Waals surface area (Å²) in [6.45, 7) is 12.2. The van der Waals surface area contributed by atoms with Gasteiger partial charge in [0.25, 0.3) is 0 Å². The molecule has 186 valence electrons. The van der Waals surface area contributed by atoms with Gasteiger partial charge >= 0.3 is 0 Å². The van der Waals surface area contributed by atoms with Gasteiger partial charge in [-0.1, -0.05) is 29.5 Å². The van der Waals surface area contributed by atoms with Crippen molar-refractivity contribution in [2.75, 3.05) is 39.8 Å². The second-order valence-corrected chi connectivity index (χ2v) is 9.01. The molecule has 0 spiro atoms. The number of rotatable bonds is 7. The number of hydrogen-bond donors (Lipinski definition) is 1. The van der Waals surface area contributed by atoms with Crippen molar-refractivity contribution >= 4 is 11.4 Å². The lowest BCUT2D eigenvalue weighted by molar-refractivity contribution is 0.216. The van der Waals surface area contributed by atoms with E-state index in [1.165, 1.54) is 0 Å². The Hall–Kier alpha value is -3.39. The van der Waals surface area contributed by atoms with E-state index >= 15 is 0 Å². The summed E-state index contributed by atoms with van der Waals surface area (Å²) in [6.07, 6.45) is 18.4. The molecule has 1 N–H and O–H groups in total. The molecule has 7 nitrogen and oxygen atoms in total. The molecule has 0 aromatic carbocycles. The molecule has 0 saturated carbocycles. The fourth-order valence-electron chi connectivity index (χ4n) is 3.77. The fraction of sp³-hybridized carbons (Fsp3) is 0.464. The fourth-order valence-corrected chi connectivity index (χ4v) is 3.77. The van der Waals surface area contributed by atoms with Crippen LogP contribution in [-0.2, 0) is 6.42 Å². The monoisotopic (exact) mass is 474 g/mol. The van der Waals surface area contributed by atoms with E-state index in [1.54, 1.807) is 6.92 Å². The summed E-state index contributed by atoms with van der Waals surface area (Å²) in [6, 6.07) is 4.14. The zero-order valence-corrected chi connectivity index (χ0v) is 21.7. The number of nitriles is 1. The molecule has 1 aromatic heterocycles. The standard InChI is InChI=1S/C25H34N6O.C3H4/c1-5-7-21(25(2,3)28-13-12-26)10-11-22-18-23(32-29-22)20-8-6-9-24(27-19-20)31-16-14-30(4)15-17-31;1-3-2/h5-7,9-10,18-19,28H,8,11,13-17H2,1-4H3;1H,2H3/b7-5-,21-10+;. The molecule has 2 aliphatic heterocycles. The molecule has 1 aromatic rings. The van der Waals surface area contributed by atoms with Crippen LogP contribution in [0.15, 0.2) is 57.7 Å². The minimum absolute atomic E-state index is 0.300. The van der Waals surface area contributed by atoms with Crippen LogP contribution in [0.4, 0.5) is 0 Å². The van der Waals surface area contributed by atoms with Crippen molar-refractivity contribution in [2.45, 2.75) is 46.1 Å². The summed E-state index contributed by atoms with van der Waals surface area (Å²) in [4.78, 5) is 9.40. The number of nitrogens with one attached hydrogen (secondary N) is 1. The third-order valence-electron chi connectivity index (χ3n) is 5.87. The first-order chi connectivity index (χ1) is 16.8. The Bertz CT molecular complexity index is 1050. The molecule has 35 heavy (non-hydrogen) atoms. The van der Waals surface area contributed by atoms with Crippen molar-refractivity contribution in [3.8, 4) is 18.4 Å². The lowest BCUT2D eigenvalue weighted by atomic mass is 9.92. The third-order valence-corrected chi connectivity index (χ3v) is 5.87. The van der Waals surface area contributed by atoms with Crippen molar-refractivity contribution in [3.05, 3.63) is 59.7 Å². The highest BCUT2D eigenvalue weighted by Gasteiger charge is 2.21. The van der Waals surface area contributed by atoms with Crippen molar-refractivity contribution in [1.29, 1.82) is 5.26 Å². The first-order valence-electron chi connectivity index (χ1n) is 12.0. The maximum Gasteiger partial charge on any atom is 0.164 e. The lowest BCUT2D eigenvalue weighted by Gasteiger charge is -2.33. The van der Waals surface area contributed by atoms with Crippen LogP contribution in [-0.4, -0.2) is 66.1 Å². The van der Waals surface area contributed by atoms with E-state index < -0.39 is 0 Å². The van der Waals surface area contributed by atoms with E-state index in [4.69, 9.17) is 14.8 Å². The number of allylic oxidation sites excluding steroid dienone is 4. The molecule has 2 aliphatic rings. The van der Waals surface area contributed by atoms with Crippen molar-refractivity contribution < 1.29 is 4.52 Å². The molecule has 0 radical (unpaired) electrons. The van der Waals surface area contributed by atoms with Gasteiger partial charge in [-0.25, -0.2) is 4.99 Å². The van der Waals surface area contributed by atoms with Gasteiger partial charge < -0.3 is 14.3 Å². The predicted octanol–water partition coefficient (Wildman–Crippen LogP) is 4.20. The second kappa shape index (κ2) is 14.1. The predicted molar refractivity (Wildman–Crippen MR) is 144 cm³/mol. The molecule has 0 unspecified atom stereocenters. The average molecular weight is 475 g/mol. The Kier molecular flexibility index (Phi) is 11.2. The van der Waals surface area contributed by atoms with Crippen molar-refractivity contribution in [3.63, 3.8) is 0 Å². The number of likely N-dealkylation sites (N-methyl/N-ethyl adjacent to an activating group) is 1. The normalized spacial score (nSPS) is 17.1. The van der Waals surface area contributed by atoms with Crippen molar-refractivity contribution in [1.82, 2.24) is 20.3 Å². The summed E-state index contributed by atoms with van der Waals surface area (Å²) in [7, 11) is 2.15. The molecule has 3 heterocycles. The maximum atomic E-state index is 8.90. The van der Waals surface area contributed by atoms with Gasteiger partial charge in [-0.05, 0) is 52.8 Å². The molecule has 0 aliphatic carbocycles. The van der Waals surface area contributed by atoms with Gasteiger partial charge in [0.05, 0.1) is 18.3 Å². The van der Waals surface area contributed by atoms with E-state index in [1.807, 2.05) is 25.3 Å². The smallest absolute Gasteiger partial charge is 0.164 e. The van der Waals surface area contributed by atoms with Crippen LogP contribution in [0.3, 0.4) is 0 Å². The van der Waals surface area contributed by atoms with Gasteiger partial charge in [0.1, 0.15) is 5.84 Å². The average Bonchev–Trinajstić information content (AvgIpc) is 3.17. The van der Waals surface area contributed by atoms with Gasteiger partial charge in [-0.3, -0.25) is 5.32 Å². The molecule has 0 bridgehead atoms. The number of aromatic nitrogens is 1. The van der Waals surface area contributed by atoms with Crippen LogP contribution < -0.4 is 5.32 Å². The maximum absolute atomic E-state index is 8.90. The van der Waals surface area contributed by atoms with E-state index in [0.29, 0.717) is 13.0 Å². The van der Waals surface area contributed by atoms with Crippen LogP contribution in [0, 0.1) is 23.7 Å².